The minimum atomic E-state index is -0.204. The molecule has 1 unspecified atom stereocenters. The van der Waals surface area contributed by atoms with E-state index in [-0.39, 0.29) is 23.3 Å². The van der Waals surface area contributed by atoms with Gasteiger partial charge in [-0.1, -0.05) is 6.07 Å². The van der Waals surface area contributed by atoms with E-state index in [4.69, 9.17) is 10.5 Å². The summed E-state index contributed by atoms with van der Waals surface area (Å²) in [5.74, 6) is -0.0195. The molecule has 1 aliphatic heterocycles. The number of nitrogens with two attached hydrogens (primary N) is 1. The molecule has 110 valence electrons. The van der Waals surface area contributed by atoms with Crippen LogP contribution in [-0.4, -0.2) is 67.2 Å². The van der Waals surface area contributed by atoms with Crippen molar-refractivity contribution in [2.45, 2.75) is 6.04 Å². The minimum absolute atomic E-state index is 0.0353. The number of rotatable bonds is 3. The van der Waals surface area contributed by atoms with Gasteiger partial charge in [-0.05, 0) is 19.2 Å². The zero-order valence-electron chi connectivity index (χ0n) is 11.9. The van der Waals surface area contributed by atoms with E-state index in [1.807, 2.05) is 7.05 Å². The predicted molar refractivity (Wildman–Crippen MR) is 76.0 cm³/mol. The number of carbonyl (C=O) groups is 1. The molecule has 6 nitrogen and oxygen atoms in total. The highest BCUT2D eigenvalue weighted by Crippen LogP contribution is 2.30. The van der Waals surface area contributed by atoms with Crippen LogP contribution in [0.3, 0.4) is 0 Å². The Labute approximate surface area is 118 Å². The molecule has 0 aliphatic carbocycles. The molecule has 1 atom stereocenters. The Morgan fingerprint density at radius 2 is 2.25 bits per heavy atom. The standard InChI is InChI=1S/C14H21N3O3/c1-16-6-7-17(10(8-15)9-16)14(19)11-4-3-5-12(20-2)13(11)18/h3-5,10,18H,6-9,15H2,1-2H3. The van der Waals surface area contributed by atoms with Gasteiger partial charge in [-0.3, -0.25) is 4.79 Å². The van der Waals surface area contributed by atoms with E-state index >= 15 is 0 Å². The number of carbonyl (C=O) groups excluding carboxylic acids is 1. The van der Waals surface area contributed by atoms with Crippen LogP contribution in [0.2, 0.25) is 0 Å². The van der Waals surface area contributed by atoms with Crippen molar-refractivity contribution in [1.82, 2.24) is 9.80 Å². The first-order valence-electron chi connectivity index (χ1n) is 6.64. The van der Waals surface area contributed by atoms with Crippen molar-refractivity contribution in [2.24, 2.45) is 5.73 Å². The molecule has 1 aliphatic rings. The predicted octanol–water partition coefficient (Wildman–Crippen LogP) is 0.116. The number of ether oxygens (including phenoxy) is 1. The van der Waals surface area contributed by atoms with E-state index in [0.717, 1.165) is 13.1 Å². The minimum Gasteiger partial charge on any atom is -0.504 e. The van der Waals surface area contributed by atoms with Gasteiger partial charge < -0.3 is 25.4 Å². The number of phenolic OH excluding ortho intramolecular Hbond substituents is 1. The van der Waals surface area contributed by atoms with Gasteiger partial charge in [0.05, 0.1) is 18.7 Å². The van der Waals surface area contributed by atoms with Gasteiger partial charge in [0.15, 0.2) is 11.5 Å². The summed E-state index contributed by atoms with van der Waals surface area (Å²) in [4.78, 5) is 16.5. The average Bonchev–Trinajstić information content (AvgIpc) is 2.46. The Morgan fingerprint density at radius 1 is 1.50 bits per heavy atom. The molecule has 1 fully saturated rings. The zero-order valence-corrected chi connectivity index (χ0v) is 11.9. The van der Waals surface area contributed by atoms with Crippen LogP contribution >= 0.6 is 0 Å². The lowest BCUT2D eigenvalue weighted by molar-refractivity contribution is 0.0512. The van der Waals surface area contributed by atoms with Crippen LogP contribution in [0, 0.1) is 0 Å². The summed E-state index contributed by atoms with van der Waals surface area (Å²) in [7, 11) is 3.47. The van der Waals surface area contributed by atoms with Crippen molar-refractivity contribution in [2.75, 3.05) is 40.3 Å². The molecule has 1 saturated heterocycles. The lowest BCUT2D eigenvalue weighted by Gasteiger charge is -2.39. The second-order valence-electron chi connectivity index (χ2n) is 5.01. The fraction of sp³-hybridized carbons (Fsp3) is 0.500. The number of phenols is 1. The molecule has 0 radical (unpaired) electrons. The molecule has 0 aromatic heterocycles. The number of likely N-dealkylation sites (N-methyl/N-ethyl adjacent to an activating group) is 1. The maximum Gasteiger partial charge on any atom is 0.258 e. The number of hydrogen-bond acceptors (Lipinski definition) is 5. The first-order chi connectivity index (χ1) is 9.58. The van der Waals surface area contributed by atoms with Crippen molar-refractivity contribution < 1.29 is 14.6 Å². The maximum absolute atomic E-state index is 12.6. The van der Waals surface area contributed by atoms with Crippen LogP contribution in [0.5, 0.6) is 11.5 Å². The number of methoxy groups -OCH3 is 1. The molecule has 20 heavy (non-hydrogen) atoms. The van der Waals surface area contributed by atoms with Crippen molar-refractivity contribution >= 4 is 5.91 Å². The highest BCUT2D eigenvalue weighted by atomic mass is 16.5. The molecule has 2 rings (SSSR count). The van der Waals surface area contributed by atoms with Crippen molar-refractivity contribution in [3.63, 3.8) is 0 Å². The number of hydrogen-bond donors (Lipinski definition) is 2. The first kappa shape index (κ1) is 14.6. The second-order valence-corrected chi connectivity index (χ2v) is 5.01. The number of nitrogens with zero attached hydrogens (tertiary/aromatic N) is 2. The molecular formula is C14H21N3O3. The number of benzene rings is 1. The average molecular weight is 279 g/mol. The first-order valence-corrected chi connectivity index (χ1v) is 6.64. The highest BCUT2D eigenvalue weighted by molar-refractivity contribution is 5.98. The van der Waals surface area contributed by atoms with Gasteiger partial charge in [0, 0.05) is 26.2 Å². The third-order valence-corrected chi connectivity index (χ3v) is 3.67. The van der Waals surface area contributed by atoms with Gasteiger partial charge in [0.2, 0.25) is 0 Å². The molecule has 1 aromatic carbocycles. The third-order valence-electron chi connectivity index (χ3n) is 3.67. The fourth-order valence-electron chi connectivity index (χ4n) is 2.49. The number of aromatic hydroxyl groups is 1. The Balaban J connectivity index is 2.26. The number of piperazine rings is 1. The quantitative estimate of drug-likeness (QED) is 0.821. The monoisotopic (exact) mass is 279 g/mol. The lowest BCUT2D eigenvalue weighted by Crippen LogP contribution is -2.56. The van der Waals surface area contributed by atoms with Crippen molar-refractivity contribution in [3.05, 3.63) is 23.8 Å². The third kappa shape index (κ3) is 2.71. The van der Waals surface area contributed by atoms with Gasteiger partial charge in [-0.25, -0.2) is 0 Å². The fourth-order valence-corrected chi connectivity index (χ4v) is 2.49. The van der Waals surface area contributed by atoms with E-state index < -0.39 is 0 Å². The zero-order chi connectivity index (χ0) is 14.7. The lowest BCUT2D eigenvalue weighted by atomic mass is 10.1. The van der Waals surface area contributed by atoms with Crippen LogP contribution < -0.4 is 10.5 Å². The Kier molecular flexibility index (Phi) is 4.46. The Bertz CT molecular complexity index is 493. The summed E-state index contributed by atoms with van der Waals surface area (Å²) in [6.07, 6.45) is 0. The largest absolute Gasteiger partial charge is 0.504 e. The highest BCUT2D eigenvalue weighted by Gasteiger charge is 2.30. The van der Waals surface area contributed by atoms with Gasteiger partial charge in [-0.2, -0.15) is 0 Å². The summed E-state index contributed by atoms with van der Waals surface area (Å²) in [6, 6.07) is 4.88. The molecular weight excluding hydrogens is 258 g/mol. The topological polar surface area (TPSA) is 79.0 Å². The molecule has 1 amide bonds. The number of para-hydroxylation sites is 1. The molecule has 1 heterocycles. The molecule has 1 aromatic rings. The summed E-state index contributed by atoms with van der Waals surface area (Å²) >= 11 is 0. The van der Waals surface area contributed by atoms with Crippen LogP contribution in [0.4, 0.5) is 0 Å². The van der Waals surface area contributed by atoms with Crippen LogP contribution in [0.25, 0.3) is 0 Å². The van der Waals surface area contributed by atoms with Gasteiger partial charge in [0.25, 0.3) is 5.91 Å². The summed E-state index contributed by atoms with van der Waals surface area (Å²) < 4.78 is 5.04. The maximum atomic E-state index is 12.6. The van der Waals surface area contributed by atoms with Gasteiger partial charge in [-0.15, -0.1) is 0 Å². The van der Waals surface area contributed by atoms with Gasteiger partial charge in [0.1, 0.15) is 0 Å². The molecule has 0 spiro atoms. The van der Waals surface area contributed by atoms with Crippen molar-refractivity contribution in [3.8, 4) is 11.5 Å². The van der Waals surface area contributed by atoms with Crippen LogP contribution in [0.15, 0.2) is 18.2 Å². The Hall–Kier alpha value is -1.79. The SMILES string of the molecule is COc1cccc(C(=O)N2CCN(C)CC2CN)c1O. The summed E-state index contributed by atoms with van der Waals surface area (Å²) in [5, 5.41) is 10.1. The molecule has 6 heteroatoms. The molecule has 0 bridgehead atoms. The van der Waals surface area contributed by atoms with E-state index in [0.29, 0.717) is 18.8 Å². The second kappa shape index (κ2) is 6.11. The van der Waals surface area contributed by atoms with E-state index in [1.54, 1.807) is 23.1 Å². The molecule has 3 N–H and O–H groups in total. The molecule has 0 saturated carbocycles. The Morgan fingerprint density at radius 3 is 2.90 bits per heavy atom. The van der Waals surface area contributed by atoms with Crippen molar-refractivity contribution in [1.29, 1.82) is 0 Å². The van der Waals surface area contributed by atoms with Gasteiger partial charge >= 0.3 is 0 Å². The number of amides is 1. The van der Waals surface area contributed by atoms with E-state index in [1.165, 1.54) is 7.11 Å². The van der Waals surface area contributed by atoms with Crippen LogP contribution in [-0.2, 0) is 0 Å². The van der Waals surface area contributed by atoms with E-state index in [2.05, 4.69) is 4.90 Å². The smallest absolute Gasteiger partial charge is 0.258 e. The normalized spacial score (nSPS) is 19.9. The summed E-state index contributed by atoms with van der Waals surface area (Å²) in [6.45, 7) is 2.55. The van der Waals surface area contributed by atoms with E-state index in [9.17, 15) is 9.90 Å². The summed E-state index contributed by atoms with van der Waals surface area (Å²) in [5.41, 5.74) is 6.01. The van der Waals surface area contributed by atoms with Crippen LogP contribution in [0.1, 0.15) is 10.4 Å².